The summed E-state index contributed by atoms with van der Waals surface area (Å²) in [6, 6.07) is 5.00. The Balaban J connectivity index is 0.00000220. The van der Waals surface area contributed by atoms with Gasteiger partial charge in [0.05, 0.1) is 10.6 Å². The first-order valence-corrected chi connectivity index (χ1v) is 7.81. The highest BCUT2D eigenvalue weighted by atomic mass is 35.5. The number of nitrogens with one attached hydrogen (secondary N) is 1. The van der Waals surface area contributed by atoms with Gasteiger partial charge < -0.3 is 11.1 Å². The van der Waals surface area contributed by atoms with Crippen LogP contribution < -0.4 is 11.1 Å². The van der Waals surface area contributed by atoms with E-state index < -0.39 is 0 Å². The predicted octanol–water partition coefficient (Wildman–Crippen LogP) is 4.29. The van der Waals surface area contributed by atoms with Crippen molar-refractivity contribution < 1.29 is 4.79 Å². The number of hydrogen-bond acceptors (Lipinski definition) is 2. The van der Waals surface area contributed by atoms with E-state index in [0.29, 0.717) is 22.2 Å². The van der Waals surface area contributed by atoms with Crippen molar-refractivity contribution in [1.29, 1.82) is 0 Å². The lowest BCUT2D eigenvalue weighted by Gasteiger charge is -2.27. The number of amides is 1. The lowest BCUT2D eigenvalue weighted by atomic mass is 9.81. The fourth-order valence-corrected chi connectivity index (χ4v) is 3.17. The van der Waals surface area contributed by atoms with Crippen LogP contribution in [0.15, 0.2) is 18.2 Å². The van der Waals surface area contributed by atoms with Crippen molar-refractivity contribution in [2.45, 2.75) is 39.0 Å². The van der Waals surface area contributed by atoms with Gasteiger partial charge in [-0.25, -0.2) is 0 Å². The average molecular weight is 331 g/mol. The van der Waals surface area contributed by atoms with Gasteiger partial charge in [-0.2, -0.15) is 0 Å². The fraction of sp³-hybridized carbons (Fsp3) is 0.562. The van der Waals surface area contributed by atoms with Crippen LogP contribution in [0.2, 0.25) is 5.02 Å². The van der Waals surface area contributed by atoms with E-state index in [1.807, 2.05) is 0 Å². The maximum absolute atomic E-state index is 12.1. The Hall–Kier alpha value is -0.930. The molecule has 1 aromatic rings. The Labute approximate surface area is 138 Å². The normalized spacial score (nSPS) is 21.4. The molecule has 3 nitrogen and oxygen atoms in total. The SMILES string of the molecule is CCC1CCC(CNC(=O)c2ccc(N)cc2Cl)CC1.Cl. The number of carbonyl (C=O) groups is 1. The van der Waals surface area contributed by atoms with Gasteiger partial charge in [-0.05, 0) is 42.9 Å². The molecule has 5 heteroatoms. The van der Waals surface area contributed by atoms with Crippen LogP contribution in [-0.2, 0) is 0 Å². The highest BCUT2D eigenvalue weighted by Crippen LogP contribution is 2.30. The smallest absolute Gasteiger partial charge is 0.252 e. The quantitative estimate of drug-likeness (QED) is 0.809. The maximum Gasteiger partial charge on any atom is 0.252 e. The second-order valence-corrected chi connectivity index (χ2v) is 6.15. The zero-order valence-corrected chi connectivity index (χ0v) is 14.0. The number of nitrogens with two attached hydrogens (primary N) is 1. The summed E-state index contributed by atoms with van der Waals surface area (Å²) in [7, 11) is 0. The molecule has 0 unspecified atom stereocenters. The van der Waals surface area contributed by atoms with Crippen molar-refractivity contribution in [1.82, 2.24) is 5.32 Å². The van der Waals surface area contributed by atoms with Crippen molar-refractivity contribution >= 4 is 35.6 Å². The van der Waals surface area contributed by atoms with Crippen LogP contribution in [0.1, 0.15) is 49.4 Å². The van der Waals surface area contributed by atoms with E-state index in [0.717, 1.165) is 12.5 Å². The van der Waals surface area contributed by atoms with Crippen molar-refractivity contribution in [3.05, 3.63) is 28.8 Å². The number of carbonyl (C=O) groups excluding carboxylic acids is 1. The summed E-state index contributed by atoms with van der Waals surface area (Å²) in [5, 5.41) is 3.41. The van der Waals surface area contributed by atoms with Gasteiger partial charge in [-0.3, -0.25) is 4.79 Å². The topological polar surface area (TPSA) is 55.1 Å². The Bertz CT molecular complexity index is 471. The van der Waals surface area contributed by atoms with E-state index in [-0.39, 0.29) is 18.3 Å². The average Bonchev–Trinajstić information content (AvgIpc) is 2.45. The van der Waals surface area contributed by atoms with Crippen LogP contribution in [-0.4, -0.2) is 12.5 Å². The van der Waals surface area contributed by atoms with Crippen LogP contribution in [0.25, 0.3) is 0 Å². The summed E-state index contributed by atoms with van der Waals surface area (Å²) in [4.78, 5) is 12.1. The minimum absolute atomic E-state index is 0. The molecule has 1 saturated carbocycles. The van der Waals surface area contributed by atoms with Crippen molar-refractivity contribution in [2.75, 3.05) is 12.3 Å². The van der Waals surface area contributed by atoms with Crippen LogP contribution >= 0.6 is 24.0 Å². The lowest BCUT2D eigenvalue weighted by Crippen LogP contribution is -2.31. The zero-order valence-electron chi connectivity index (χ0n) is 12.4. The first-order valence-electron chi connectivity index (χ1n) is 7.43. The number of benzene rings is 1. The second-order valence-electron chi connectivity index (χ2n) is 5.74. The van der Waals surface area contributed by atoms with Crippen molar-refractivity contribution in [3.63, 3.8) is 0 Å². The van der Waals surface area contributed by atoms with E-state index in [2.05, 4.69) is 12.2 Å². The minimum atomic E-state index is -0.104. The number of anilines is 1. The molecule has 118 valence electrons. The monoisotopic (exact) mass is 330 g/mol. The molecule has 0 saturated heterocycles. The maximum atomic E-state index is 12.1. The number of rotatable bonds is 4. The van der Waals surface area contributed by atoms with Gasteiger partial charge in [0.1, 0.15) is 0 Å². The van der Waals surface area contributed by atoms with Crippen LogP contribution in [0.5, 0.6) is 0 Å². The number of nitrogen functional groups attached to an aromatic ring is 1. The molecule has 1 aliphatic carbocycles. The predicted molar refractivity (Wildman–Crippen MR) is 91.2 cm³/mol. The molecule has 0 heterocycles. The molecule has 0 radical (unpaired) electrons. The molecular weight excluding hydrogens is 307 g/mol. The van der Waals surface area contributed by atoms with Crippen molar-refractivity contribution in [2.24, 2.45) is 11.8 Å². The molecule has 3 N–H and O–H groups in total. The largest absolute Gasteiger partial charge is 0.399 e. The summed E-state index contributed by atoms with van der Waals surface area (Å²) in [6.45, 7) is 3.01. The molecule has 2 rings (SSSR count). The molecule has 0 atom stereocenters. The van der Waals surface area contributed by atoms with E-state index in [9.17, 15) is 4.79 Å². The van der Waals surface area contributed by atoms with E-state index in [4.69, 9.17) is 17.3 Å². The van der Waals surface area contributed by atoms with Crippen LogP contribution in [0.4, 0.5) is 5.69 Å². The van der Waals surface area contributed by atoms with E-state index >= 15 is 0 Å². The summed E-state index contributed by atoms with van der Waals surface area (Å²) in [5.74, 6) is 1.38. The molecule has 1 amide bonds. The van der Waals surface area contributed by atoms with Gasteiger partial charge in [-0.15, -0.1) is 12.4 Å². The molecule has 0 spiro atoms. The van der Waals surface area contributed by atoms with E-state index in [1.165, 1.54) is 32.1 Å². The third-order valence-electron chi connectivity index (χ3n) is 4.33. The Kier molecular flexibility index (Phi) is 7.33. The van der Waals surface area contributed by atoms with Crippen LogP contribution in [0, 0.1) is 11.8 Å². The highest BCUT2D eigenvalue weighted by molar-refractivity contribution is 6.34. The summed E-state index contributed by atoms with van der Waals surface area (Å²) >= 11 is 6.04. The molecular formula is C16H24Cl2N2O. The fourth-order valence-electron chi connectivity index (χ4n) is 2.89. The third kappa shape index (κ3) is 5.08. The zero-order chi connectivity index (χ0) is 14.5. The summed E-state index contributed by atoms with van der Waals surface area (Å²) in [6.07, 6.45) is 6.29. The number of hydrogen-bond donors (Lipinski definition) is 2. The van der Waals surface area contributed by atoms with Gasteiger partial charge in [0, 0.05) is 12.2 Å². The van der Waals surface area contributed by atoms with Gasteiger partial charge in [0.2, 0.25) is 0 Å². The first-order chi connectivity index (χ1) is 9.60. The minimum Gasteiger partial charge on any atom is -0.399 e. The van der Waals surface area contributed by atoms with Crippen LogP contribution in [0.3, 0.4) is 0 Å². The molecule has 1 aliphatic rings. The van der Waals surface area contributed by atoms with Gasteiger partial charge in [0.25, 0.3) is 5.91 Å². The molecule has 0 aromatic heterocycles. The number of halogens is 2. The molecule has 0 bridgehead atoms. The lowest BCUT2D eigenvalue weighted by molar-refractivity contribution is 0.0941. The standard InChI is InChI=1S/C16H23ClN2O.ClH/c1-2-11-3-5-12(6-4-11)10-19-16(20)14-8-7-13(18)9-15(14)17;/h7-9,11-12H,2-6,10,18H2,1H3,(H,19,20);1H. The second kappa shape index (κ2) is 8.50. The summed E-state index contributed by atoms with van der Waals surface area (Å²) in [5.41, 5.74) is 6.70. The molecule has 0 aliphatic heterocycles. The molecule has 1 fully saturated rings. The summed E-state index contributed by atoms with van der Waals surface area (Å²) < 4.78 is 0. The highest BCUT2D eigenvalue weighted by Gasteiger charge is 2.20. The Morgan fingerprint density at radius 2 is 1.90 bits per heavy atom. The van der Waals surface area contributed by atoms with Gasteiger partial charge in [0.15, 0.2) is 0 Å². The Morgan fingerprint density at radius 1 is 1.29 bits per heavy atom. The van der Waals surface area contributed by atoms with Gasteiger partial charge >= 0.3 is 0 Å². The van der Waals surface area contributed by atoms with Crippen molar-refractivity contribution in [3.8, 4) is 0 Å². The van der Waals surface area contributed by atoms with Gasteiger partial charge in [-0.1, -0.05) is 37.8 Å². The van der Waals surface area contributed by atoms with E-state index in [1.54, 1.807) is 18.2 Å². The third-order valence-corrected chi connectivity index (χ3v) is 4.65. The first kappa shape index (κ1) is 18.1. The Morgan fingerprint density at radius 3 is 2.48 bits per heavy atom. The molecule has 1 aromatic carbocycles. The molecule has 21 heavy (non-hydrogen) atoms.